The van der Waals surface area contributed by atoms with Crippen molar-refractivity contribution >= 4 is 28.4 Å². The van der Waals surface area contributed by atoms with Crippen molar-refractivity contribution < 1.29 is 14.0 Å². The predicted octanol–water partition coefficient (Wildman–Crippen LogP) is 3.00. The normalized spacial score (nSPS) is 14.3. The second kappa shape index (κ2) is 6.99. The topological polar surface area (TPSA) is 80.0 Å². The van der Waals surface area contributed by atoms with Gasteiger partial charge in [-0.2, -0.15) is 5.10 Å². The first-order chi connectivity index (χ1) is 13.1. The highest BCUT2D eigenvalue weighted by Crippen LogP contribution is 2.17. The van der Waals surface area contributed by atoms with Gasteiger partial charge < -0.3 is 4.42 Å². The van der Waals surface area contributed by atoms with Crippen LogP contribution >= 0.6 is 0 Å². The molecule has 0 saturated heterocycles. The molecular formula is C21H16N2O4. The van der Waals surface area contributed by atoms with Gasteiger partial charge in [0.05, 0.1) is 5.71 Å². The number of amides is 1. The number of hydrogen-bond donors (Lipinski definition) is 0. The molecule has 0 fully saturated rings. The first kappa shape index (κ1) is 16.9. The average Bonchev–Trinajstić information content (AvgIpc) is 2.69. The van der Waals surface area contributed by atoms with Gasteiger partial charge in [-0.1, -0.05) is 48.5 Å². The number of nitrogens with zero attached hydrogens (tertiary/aromatic N) is 2. The molecule has 0 bridgehead atoms. The summed E-state index contributed by atoms with van der Waals surface area (Å²) >= 11 is 0. The Morgan fingerprint density at radius 2 is 1.74 bits per heavy atom. The first-order valence-corrected chi connectivity index (χ1v) is 8.61. The molecule has 3 aromatic rings. The lowest BCUT2D eigenvalue weighted by Crippen LogP contribution is -2.37. The molecule has 0 saturated carbocycles. The van der Waals surface area contributed by atoms with Gasteiger partial charge in [0.15, 0.2) is 5.78 Å². The fraction of sp³-hybridized carbons (Fsp3) is 0.143. The highest BCUT2D eigenvalue weighted by molar-refractivity contribution is 6.06. The molecule has 2 heterocycles. The van der Waals surface area contributed by atoms with Gasteiger partial charge in [-0.05, 0) is 17.7 Å². The Bertz CT molecular complexity index is 1120. The second-order valence-electron chi connectivity index (χ2n) is 6.27. The van der Waals surface area contributed by atoms with Crippen molar-refractivity contribution in [2.24, 2.45) is 5.10 Å². The van der Waals surface area contributed by atoms with E-state index < -0.39 is 11.4 Å². The molecule has 6 nitrogen and oxygen atoms in total. The molecule has 0 aliphatic carbocycles. The highest BCUT2D eigenvalue weighted by atomic mass is 16.4. The van der Waals surface area contributed by atoms with E-state index in [0.717, 1.165) is 16.3 Å². The minimum absolute atomic E-state index is 0.0801. The maximum Gasteiger partial charge on any atom is 0.347 e. The van der Waals surface area contributed by atoms with Gasteiger partial charge in [0.25, 0.3) is 0 Å². The van der Waals surface area contributed by atoms with Crippen LogP contribution in [-0.4, -0.2) is 29.0 Å². The van der Waals surface area contributed by atoms with Crippen LogP contribution in [0, 0.1) is 0 Å². The molecular weight excluding hydrogens is 344 g/mol. The lowest BCUT2D eigenvalue weighted by atomic mass is 10.0. The number of hydrogen-bond acceptors (Lipinski definition) is 5. The highest BCUT2D eigenvalue weighted by Gasteiger charge is 2.25. The van der Waals surface area contributed by atoms with Gasteiger partial charge >= 0.3 is 5.63 Å². The molecule has 27 heavy (non-hydrogen) atoms. The van der Waals surface area contributed by atoms with Crippen molar-refractivity contribution in [2.45, 2.75) is 12.8 Å². The number of carbonyl (C=O) groups excluding carboxylic acids is 2. The van der Waals surface area contributed by atoms with Crippen molar-refractivity contribution in [1.29, 1.82) is 0 Å². The van der Waals surface area contributed by atoms with Gasteiger partial charge in [0, 0.05) is 18.2 Å². The zero-order valence-corrected chi connectivity index (χ0v) is 14.4. The van der Waals surface area contributed by atoms with E-state index in [1.54, 1.807) is 24.3 Å². The van der Waals surface area contributed by atoms with Crippen LogP contribution in [0.2, 0.25) is 0 Å². The standard InChI is InChI=1S/C21H16N2O4/c24-18(16-12-15-8-4-5-9-19(15)27-21(16)26)13-23-20(25)11-10-17(22-23)14-6-2-1-3-7-14/h1-9,12H,10-11,13H2. The smallest absolute Gasteiger partial charge is 0.347 e. The SMILES string of the molecule is O=C(CN1N=C(c2ccccc2)CCC1=O)c1cc2ccccc2oc1=O. The maximum atomic E-state index is 12.6. The number of rotatable bonds is 4. The molecule has 2 aromatic carbocycles. The zero-order chi connectivity index (χ0) is 18.8. The quantitative estimate of drug-likeness (QED) is 0.529. The van der Waals surface area contributed by atoms with E-state index in [1.165, 1.54) is 6.07 Å². The van der Waals surface area contributed by atoms with Crippen LogP contribution in [0.1, 0.15) is 28.8 Å². The van der Waals surface area contributed by atoms with Crippen molar-refractivity contribution in [1.82, 2.24) is 5.01 Å². The van der Waals surface area contributed by atoms with Crippen molar-refractivity contribution in [3.8, 4) is 0 Å². The lowest BCUT2D eigenvalue weighted by molar-refractivity contribution is -0.131. The number of para-hydroxylation sites is 1. The average molecular weight is 360 g/mol. The van der Waals surface area contributed by atoms with E-state index in [4.69, 9.17) is 4.42 Å². The Balaban J connectivity index is 1.63. The Morgan fingerprint density at radius 1 is 1.00 bits per heavy atom. The summed E-state index contributed by atoms with van der Waals surface area (Å²) in [6.45, 7) is -0.293. The number of hydrazone groups is 1. The summed E-state index contributed by atoms with van der Waals surface area (Å²) in [5, 5.41) is 6.13. The first-order valence-electron chi connectivity index (χ1n) is 8.61. The summed E-state index contributed by atoms with van der Waals surface area (Å²) in [5.74, 6) is -0.742. The van der Waals surface area contributed by atoms with Gasteiger partial charge in [-0.3, -0.25) is 9.59 Å². The van der Waals surface area contributed by atoms with E-state index in [9.17, 15) is 14.4 Å². The number of ketones is 1. The van der Waals surface area contributed by atoms with Crippen molar-refractivity contribution in [3.63, 3.8) is 0 Å². The molecule has 134 valence electrons. The third-order valence-corrected chi connectivity index (χ3v) is 4.45. The van der Waals surface area contributed by atoms with Crippen molar-refractivity contribution in [2.75, 3.05) is 6.54 Å². The van der Waals surface area contributed by atoms with Gasteiger partial charge in [0.1, 0.15) is 17.7 Å². The molecule has 0 radical (unpaired) electrons. The van der Waals surface area contributed by atoms with E-state index in [-0.39, 0.29) is 24.4 Å². The summed E-state index contributed by atoms with van der Waals surface area (Å²) in [5.41, 5.74) is 1.28. The number of carbonyl (C=O) groups is 2. The summed E-state index contributed by atoms with van der Waals surface area (Å²) in [4.78, 5) is 37.0. The van der Waals surface area contributed by atoms with Gasteiger partial charge in [-0.25, -0.2) is 9.80 Å². The van der Waals surface area contributed by atoms with E-state index in [1.807, 2.05) is 30.3 Å². The molecule has 4 rings (SSSR count). The fourth-order valence-corrected chi connectivity index (χ4v) is 3.04. The summed E-state index contributed by atoms with van der Waals surface area (Å²) < 4.78 is 5.20. The Hall–Kier alpha value is -3.54. The monoisotopic (exact) mass is 360 g/mol. The number of Topliss-reactive ketones (excluding diaryl/α,β-unsaturated/α-hetero) is 1. The van der Waals surface area contributed by atoms with Crippen LogP contribution in [0.25, 0.3) is 11.0 Å². The fourth-order valence-electron chi connectivity index (χ4n) is 3.04. The summed E-state index contributed by atoms with van der Waals surface area (Å²) in [6, 6.07) is 18.0. The molecule has 0 N–H and O–H groups in total. The molecule has 1 aliphatic rings. The van der Waals surface area contributed by atoms with E-state index >= 15 is 0 Å². The van der Waals surface area contributed by atoms with Crippen LogP contribution < -0.4 is 5.63 Å². The van der Waals surface area contributed by atoms with E-state index in [0.29, 0.717) is 17.4 Å². The molecule has 1 aromatic heterocycles. The largest absolute Gasteiger partial charge is 0.422 e. The predicted molar refractivity (Wildman–Crippen MR) is 101 cm³/mol. The Kier molecular flexibility index (Phi) is 4.38. The van der Waals surface area contributed by atoms with Crippen LogP contribution in [0.4, 0.5) is 0 Å². The lowest BCUT2D eigenvalue weighted by Gasteiger charge is -2.23. The summed E-state index contributed by atoms with van der Waals surface area (Å²) in [7, 11) is 0. The zero-order valence-electron chi connectivity index (χ0n) is 14.4. The molecule has 0 atom stereocenters. The Morgan fingerprint density at radius 3 is 2.56 bits per heavy atom. The van der Waals surface area contributed by atoms with Gasteiger partial charge in [-0.15, -0.1) is 0 Å². The second-order valence-corrected chi connectivity index (χ2v) is 6.27. The molecule has 0 unspecified atom stereocenters. The molecule has 1 aliphatic heterocycles. The minimum atomic E-state index is -0.713. The van der Waals surface area contributed by atoms with Crippen LogP contribution in [0.5, 0.6) is 0 Å². The third-order valence-electron chi connectivity index (χ3n) is 4.45. The minimum Gasteiger partial charge on any atom is -0.422 e. The number of fused-ring (bicyclic) bond motifs is 1. The van der Waals surface area contributed by atoms with Gasteiger partial charge in [0.2, 0.25) is 5.91 Å². The molecule has 0 spiro atoms. The number of benzene rings is 2. The third kappa shape index (κ3) is 3.42. The molecule has 1 amide bonds. The van der Waals surface area contributed by atoms with Crippen LogP contribution in [0.3, 0.4) is 0 Å². The van der Waals surface area contributed by atoms with Crippen molar-refractivity contribution in [3.05, 3.63) is 82.2 Å². The van der Waals surface area contributed by atoms with Crippen LogP contribution in [0.15, 0.2) is 75.0 Å². The maximum absolute atomic E-state index is 12.6. The summed E-state index contributed by atoms with van der Waals surface area (Å²) in [6.07, 6.45) is 0.791. The Labute approximate surface area is 154 Å². The van der Waals surface area contributed by atoms with Crippen LogP contribution in [-0.2, 0) is 4.79 Å². The molecule has 6 heteroatoms. The van der Waals surface area contributed by atoms with E-state index in [2.05, 4.69) is 5.10 Å².